The number of carbonyl (C=O) groups excluding carboxylic acids is 3. The topological polar surface area (TPSA) is 135 Å². The van der Waals surface area contributed by atoms with E-state index in [1.54, 1.807) is 24.3 Å². The molecular formula is C34H34F3IN2O8. The zero-order valence-corrected chi connectivity index (χ0v) is 28.2. The van der Waals surface area contributed by atoms with E-state index in [1.807, 2.05) is 28.7 Å². The second kappa shape index (κ2) is 16.3. The third-order valence-electron chi connectivity index (χ3n) is 7.75. The summed E-state index contributed by atoms with van der Waals surface area (Å²) in [5.41, 5.74) is 0.261. The van der Waals surface area contributed by atoms with Crippen molar-refractivity contribution in [3.8, 4) is 17.2 Å². The van der Waals surface area contributed by atoms with Crippen molar-refractivity contribution < 1.29 is 52.0 Å². The van der Waals surface area contributed by atoms with Gasteiger partial charge in [-0.1, -0.05) is 12.1 Å². The maximum Gasteiger partial charge on any atom is 0.416 e. The number of ether oxygens (including phenoxy) is 3. The zero-order chi connectivity index (χ0) is 35.0. The van der Waals surface area contributed by atoms with Gasteiger partial charge in [0, 0.05) is 36.2 Å². The predicted molar refractivity (Wildman–Crippen MR) is 177 cm³/mol. The number of hydrogen-bond acceptors (Lipinski definition) is 8. The van der Waals surface area contributed by atoms with Gasteiger partial charge in [0.2, 0.25) is 5.91 Å². The van der Waals surface area contributed by atoms with E-state index in [9.17, 15) is 37.8 Å². The summed E-state index contributed by atoms with van der Waals surface area (Å²) < 4.78 is 57.4. The Kier molecular flexibility index (Phi) is 12.5. The summed E-state index contributed by atoms with van der Waals surface area (Å²) >= 11 is 1.94. The Hall–Kier alpha value is -4.15. The fourth-order valence-electron chi connectivity index (χ4n) is 5.30. The number of nitrogens with zero attached hydrogens (tertiary/aromatic N) is 1. The van der Waals surface area contributed by atoms with Crippen LogP contribution < -0.4 is 19.5 Å². The third kappa shape index (κ3) is 8.85. The molecule has 0 saturated heterocycles. The van der Waals surface area contributed by atoms with E-state index in [2.05, 4.69) is 5.32 Å². The van der Waals surface area contributed by atoms with Crippen molar-refractivity contribution in [2.75, 3.05) is 33.9 Å². The van der Waals surface area contributed by atoms with Crippen LogP contribution in [-0.4, -0.2) is 85.4 Å². The third-order valence-corrected chi connectivity index (χ3v) is 8.55. The molecule has 3 unspecified atom stereocenters. The fourth-order valence-corrected chi connectivity index (χ4v) is 6.05. The molecule has 3 atom stereocenters. The molecule has 3 aromatic carbocycles. The molecule has 10 nitrogen and oxygen atoms in total. The Morgan fingerprint density at radius 3 is 2.44 bits per heavy atom. The molecule has 0 heterocycles. The van der Waals surface area contributed by atoms with Crippen molar-refractivity contribution in [3.05, 3.63) is 98.1 Å². The Labute approximate surface area is 288 Å². The van der Waals surface area contributed by atoms with Crippen LogP contribution >= 0.6 is 22.6 Å². The minimum Gasteiger partial charge on any atom is -0.497 e. The number of hydrogen-bond donors (Lipinski definition) is 3. The molecular weight excluding hydrogens is 748 g/mol. The largest absolute Gasteiger partial charge is 0.497 e. The molecule has 0 fully saturated rings. The van der Waals surface area contributed by atoms with Gasteiger partial charge in [-0.15, -0.1) is 0 Å². The molecule has 3 N–H and O–H groups in total. The van der Waals surface area contributed by atoms with E-state index in [-0.39, 0.29) is 55.2 Å². The van der Waals surface area contributed by atoms with Gasteiger partial charge < -0.3 is 34.6 Å². The summed E-state index contributed by atoms with van der Waals surface area (Å²) in [5, 5.41) is 23.7. The minimum atomic E-state index is -4.61. The normalized spacial score (nSPS) is 17.6. The van der Waals surface area contributed by atoms with Crippen LogP contribution in [0.2, 0.25) is 0 Å². The van der Waals surface area contributed by atoms with E-state index in [4.69, 9.17) is 14.2 Å². The van der Waals surface area contributed by atoms with E-state index < -0.39 is 41.8 Å². The summed E-state index contributed by atoms with van der Waals surface area (Å²) in [5.74, 6) is -0.296. The number of amides is 2. The standard InChI is InChI=1S/C34H34F3IN2O8/c1-46-25-5-3-4-20(14-25)10-12-40(33(45)22-6-8-24(9-7-22)34(35,36)37)27-17-23(32(44)39-11-13-41)18-28(30(27)43)48-31-26(38)15-21(19-42)16-29(31)47-2/h3-9,14-16,18-19,27-28,30,41,43H,10-13,17H2,1-2H3,(H,39,44). The molecule has 1 aliphatic rings. The van der Waals surface area contributed by atoms with Crippen LogP contribution in [0.15, 0.2) is 72.3 Å². The SMILES string of the molecule is COc1cccc(CCN(C(=O)c2ccc(C(F)(F)F)cc2)C2CC(C(=O)NCCO)=CC(Oc3c(I)cc(C=O)cc3OC)C2O)c1. The molecule has 256 valence electrons. The first-order valence-corrected chi connectivity index (χ1v) is 15.9. The van der Waals surface area contributed by atoms with Gasteiger partial charge in [0.05, 0.1) is 36.0 Å². The van der Waals surface area contributed by atoms with Crippen LogP contribution in [-0.2, 0) is 17.4 Å². The molecule has 3 aromatic rings. The first kappa shape index (κ1) is 36.7. The molecule has 0 bridgehead atoms. The van der Waals surface area contributed by atoms with E-state index in [0.717, 1.165) is 29.8 Å². The number of rotatable bonds is 13. The monoisotopic (exact) mass is 782 g/mol. The maximum absolute atomic E-state index is 14.1. The number of methoxy groups -OCH3 is 2. The Balaban J connectivity index is 1.76. The van der Waals surface area contributed by atoms with Gasteiger partial charge in [-0.05, 0) is 89.2 Å². The summed E-state index contributed by atoms with van der Waals surface area (Å²) in [6.45, 7) is -0.387. The van der Waals surface area contributed by atoms with Crippen molar-refractivity contribution in [2.24, 2.45) is 0 Å². The van der Waals surface area contributed by atoms with Gasteiger partial charge >= 0.3 is 6.18 Å². The zero-order valence-electron chi connectivity index (χ0n) is 26.0. The molecule has 14 heteroatoms. The summed E-state index contributed by atoms with van der Waals surface area (Å²) in [6, 6.07) is 12.8. The summed E-state index contributed by atoms with van der Waals surface area (Å²) in [6.07, 6.45) is -5.08. The number of nitrogens with one attached hydrogen (secondary N) is 1. The first-order chi connectivity index (χ1) is 22.9. The highest BCUT2D eigenvalue weighted by Crippen LogP contribution is 2.37. The first-order valence-electron chi connectivity index (χ1n) is 14.8. The smallest absolute Gasteiger partial charge is 0.416 e. The number of halogens is 4. The second-order valence-corrected chi connectivity index (χ2v) is 12.0. The maximum atomic E-state index is 14.1. The molecule has 0 aliphatic heterocycles. The molecule has 0 radical (unpaired) electrons. The average molecular weight is 783 g/mol. The van der Waals surface area contributed by atoms with Crippen molar-refractivity contribution in [3.63, 3.8) is 0 Å². The van der Waals surface area contributed by atoms with Gasteiger partial charge in [0.15, 0.2) is 11.5 Å². The highest BCUT2D eigenvalue weighted by Gasteiger charge is 2.41. The van der Waals surface area contributed by atoms with Crippen LogP contribution in [0.1, 0.15) is 38.3 Å². The number of aliphatic hydroxyl groups excluding tert-OH is 2. The predicted octanol–water partition coefficient (Wildman–Crippen LogP) is 4.44. The van der Waals surface area contributed by atoms with E-state index in [1.165, 1.54) is 31.3 Å². The van der Waals surface area contributed by atoms with Crippen molar-refractivity contribution in [1.82, 2.24) is 10.2 Å². The van der Waals surface area contributed by atoms with Gasteiger partial charge in [-0.3, -0.25) is 14.4 Å². The molecule has 0 aromatic heterocycles. The summed E-state index contributed by atoms with van der Waals surface area (Å²) in [4.78, 5) is 40.1. The Morgan fingerprint density at radius 1 is 1.08 bits per heavy atom. The summed E-state index contributed by atoms with van der Waals surface area (Å²) in [7, 11) is 2.88. The molecule has 4 rings (SSSR count). The Bertz CT molecular complexity index is 1650. The van der Waals surface area contributed by atoms with Gasteiger partial charge in [-0.25, -0.2) is 0 Å². The lowest BCUT2D eigenvalue weighted by atomic mass is 9.87. The lowest BCUT2D eigenvalue weighted by molar-refractivity contribution is -0.137. The number of aldehydes is 1. The second-order valence-electron chi connectivity index (χ2n) is 10.8. The number of alkyl halides is 3. The van der Waals surface area contributed by atoms with Crippen LogP contribution in [0.3, 0.4) is 0 Å². The lowest BCUT2D eigenvalue weighted by Crippen LogP contribution is -2.55. The van der Waals surface area contributed by atoms with Crippen molar-refractivity contribution >= 4 is 40.7 Å². The van der Waals surface area contributed by atoms with Gasteiger partial charge in [0.25, 0.3) is 5.91 Å². The number of benzene rings is 3. The molecule has 1 aliphatic carbocycles. The molecule has 0 saturated carbocycles. The van der Waals surface area contributed by atoms with Crippen LogP contribution in [0.4, 0.5) is 13.2 Å². The molecule has 2 amide bonds. The van der Waals surface area contributed by atoms with Crippen LogP contribution in [0.25, 0.3) is 0 Å². The van der Waals surface area contributed by atoms with Gasteiger partial charge in [-0.2, -0.15) is 13.2 Å². The number of carbonyl (C=O) groups is 3. The lowest BCUT2D eigenvalue weighted by Gasteiger charge is -2.40. The van der Waals surface area contributed by atoms with Crippen molar-refractivity contribution in [1.29, 1.82) is 0 Å². The van der Waals surface area contributed by atoms with Crippen LogP contribution in [0, 0.1) is 3.57 Å². The highest BCUT2D eigenvalue weighted by molar-refractivity contribution is 14.1. The van der Waals surface area contributed by atoms with Crippen LogP contribution in [0.5, 0.6) is 17.2 Å². The molecule has 0 spiro atoms. The van der Waals surface area contributed by atoms with E-state index >= 15 is 0 Å². The quantitative estimate of drug-likeness (QED) is 0.171. The minimum absolute atomic E-state index is 0.00188. The number of aliphatic hydroxyl groups is 2. The Morgan fingerprint density at radius 2 is 1.81 bits per heavy atom. The van der Waals surface area contributed by atoms with Gasteiger partial charge in [0.1, 0.15) is 24.2 Å². The van der Waals surface area contributed by atoms with Crippen molar-refractivity contribution in [2.45, 2.75) is 37.3 Å². The molecule has 48 heavy (non-hydrogen) atoms. The van der Waals surface area contributed by atoms with E-state index in [0.29, 0.717) is 21.2 Å². The highest BCUT2D eigenvalue weighted by atomic mass is 127. The fraction of sp³-hybridized carbons (Fsp3) is 0.324. The average Bonchev–Trinajstić information content (AvgIpc) is 3.08.